The average Bonchev–Trinajstić information content (AvgIpc) is 2.68. The molecule has 1 aromatic rings. The van der Waals surface area contributed by atoms with Gasteiger partial charge in [0.1, 0.15) is 0 Å². The molecule has 0 spiro atoms. The van der Waals surface area contributed by atoms with Crippen molar-refractivity contribution in [3.8, 4) is 0 Å². The SMILES string of the molecule is CCCCCCOC(=O)C1=C(C)NC(=O)N[C@@H]1c1ccc(N(CC)CC)cc1. The van der Waals surface area contributed by atoms with Crippen molar-refractivity contribution in [2.75, 3.05) is 24.6 Å². The second-order valence-electron chi connectivity index (χ2n) is 7.03. The summed E-state index contributed by atoms with van der Waals surface area (Å²) in [5.41, 5.74) is 2.99. The second-order valence-corrected chi connectivity index (χ2v) is 7.03. The average molecular weight is 388 g/mol. The highest BCUT2D eigenvalue weighted by atomic mass is 16.5. The fraction of sp³-hybridized carbons (Fsp3) is 0.545. The molecule has 0 radical (unpaired) electrons. The van der Waals surface area contributed by atoms with Gasteiger partial charge in [0.2, 0.25) is 0 Å². The van der Waals surface area contributed by atoms with Crippen molar-refractivity contribution in [3.05, 3.63) is 41.1 Å². The zero-order chi connectivity index (χ0) is 20.5. The van der Waals surface area contributed by atoms with Crippen molar-refractivity contribution >= 4 is 17.7 Å². The van der Waals surface area contributed by atoms with E-state index in [9.17, 15) is 9.59 Å². The van der Waals surface area contributed by atoms with Crippen molar-refractivity contribution in [1.29, 1.82) is 0 Å². The Kier molecular flexibility index (Phi) is 8.36. The van der Waals surface area contributed by atoms with E-state index >= 15 is 0 Å². The summed E-state index contributed by atoms with van der Waals surface area (Å²) in [7, 11) is 0. The minimum absolute atomic E-state index is 0.310. The summed E-state index contributed by atoms with van der Waals surface area (Å²) in [6.45, 7) is 10.4. The third-order valence-electron chi connectivity index (χ3n) is 5.08. The van der Waals surface area contributed by atoms with E-state index in [1.54, 1.807) is 6.92 Å². The summed E-state index contributed by atoms with van der Waals surface area (Å²) in [4.78, 5) is 27.0. The van der Waals surface area contributed by atoms with Crippen LogP contribution in [0.4, 0.5) is 10.5 Å². The lowest BCUT2D eigenvalue weighted by Gasteiger charge is -2.29. The molecule has 0 aromatic heterocycles. The number of carbonyl (C=O) groups excluding carboxylic acids is 2. The number of nitrogens with one attached hydrogen (secondary N) is 2. The number of rotatable bonds is 10. The summed E-state index contributed by atoms with van der Waals surface area (Å²) in [5, 5.41) is 5.55. The molecule has 1 aromatic carbocycles. The lowest BCUT2D eigenvalue weighted by Crippen LogP contribution is -2.45. The van der Waals surface area contributed by atoms with E-state index in [0.717, 1.165) is 50.0 Å². The van der Waals surface area contributed by atoms with Crippen LogP contribution in [0.3, 0.4) is 0 Å². The van der Waals surface area contributed by atoms with E-state index in [-0.39, 0.29) is 12.0 Å². The van der Waals surface area contributed by atoms with Crippen LogP contribution in [0.15, 0.2) is 35.5 Å². The molecule has 2 amide bonds. The van der Waals surface area contributed by atoms with E-state index in [1.807, 2.05) is 24.3 Å². The minimum Gasteiger partial charge on any atom is -0.462 e. The predicted molar refractivity (Wildman–Crippen MR) is 112 cm³/mol. The van der Waals surface area contributed by atoms with Gasteiger partial charge in [-0.2, -0.15) is 0 Å². The molecule has 1 aliphatic rings. The van der Waals surface area contributed by atoms with Crippen molar-refractivity contribution in [3.63, 3.8) is 0 Å². The molecule has 1 aliphatic heterocycles. The highest BCUT2D eigenvalue weighted by Crippen LogP contribution is 2.29. The topological polar surface area (TPSA) is 70.7 Å². The van der Waals surface area contributed by atoms with Gasteiger partial charge < -0.3 is 20.3 Å². The highest BCUT2D eigenvalue weighted by molar-refractivity contribution is 5.95. The smallest absolute Gasteiger partial charge is 0.338 e. The molecule has 154 valence electrons. The largest absolute Gasteiger partial charge is 0.462 e. The molecule has 0 saturated carbocycles. The number of hydrogen-bond donors (Lipinski definition) is 2. The maximum Gasteiger partial charge on any atom is 0.338 e. The number of nitrogens with zero attached hydrogens (tertiary/aromatic N) is 1. The molecule has 0 saturated heterocycles. The summed E-state index contributed by atoms with van der Waals surface area (Å²) in [6, 6.07) is 7.16. The molecule has 1 heterocycles. The van der Waals surface area contributed by atoms with Crippen LogP contribution in [0.2, 0.25) is 0 Å². The van der Waals surface area contributed by atoms with Gasteiger partial charge in [-0.1, -0.05) is 38.3 Å². The molecule has 6 heteroatoms. The van der Waals surface area contributed by atoms with Gasteiger partial charge in [0.15, 0.2) is 0 Å². The first-order chi connectivity index (χ1) is 13.5. The second kappa shape index (κ2) is 10.7. The fourth-order valence-corrected chi connectivity index (χ4v) is 3.45. The Morgan fingerprint density at radius 2 is 1.75 bits per heavy atom. The molecule has 1 atom stereocenters. The number of benzene rings is 1. The number of anilines is 1. The number of amides is 2. The molecular formula is C22H33N3O3. The summed E-state index contributed by atoms with van der Waals surface area (Å²) in [5.74, 6) is -0.376. The maximum absolute atomic E-state index is 12.7. The number of carbonyl (C=O) groups is 2. The van der Waals surface area contributed by atoms with Crippen LogP contribution in [-0.2, 0) is 9.53 Å². The van der Waals surface area contributed by atoms with E-state index < -0.39 is 6.04 Å². The monoisotopic (exact) mass is 387 g/mol. The zero-order valence-electron chi connectivity index (χ0n) is 17.5. The van der Waals surface area contributed by atoms with Crippen molar-refractivity contribution < 1.29 is 14.3 Å². The Balaban J connectivity index is 2.17. The lowest BCUT2D eigenvalue weighted by atomic mass is 9.95. The van der Waals surface area contributed by atoms with Crippen LogP contribution in [0.1, 0.15) is 65.0 Å². The van der Waals surface area contributed by atoms with Crippen LogP contribution in [-0.4, -0.2) is 31.7 Å². The lowest BCUT2D eigenvalue weighted by molar-refractivity contribution is -0.139. The number of allylic oxidation sites excluding steroid dienone is 1. The number of ether oxygens (including phenoxy) is 1. The van der Waals surface area contributed by atoms with Crippen LogP contribution in [0.5, 0.6) is 0 Å². The molecular weight excluding hydrogens is 354 g/mol. The molecule has 2 rings (SSSR count). The quantitative estimate of drug-likeness (QED) is 0.464. The molecule has 28 heavy (non-hydrogen) atoms. The van der Waals surface area contributed by atoms with Gasteiger partial charge in [0.25, 0.3) is 0 Å². The van der Waals surface area contributed by atoms with Gasteiger partial charge in [-0.25, -0.2) is 9.59 Å². The molecule has 0 unspecified atom stereocenters. The molecule has 0 fully saturated rings. The van der Waals surface area contributed by atoms with Gasteiger partial charge in [-0.15, -0.1) is 0 Å². The maximum atomic E-state index is 12.7. The third-order valence-corrected chi connectivity index (χ3v) is 5.08. The van der Waals surface area contributed by atoms with Gasteiger partial charge in [-0.3, -0.25) is 0 Å². The summed E-state index contributed by atoms with van der Waals surface area (Å²) >= 11 is 0. The van der Waals surface area contributed by atoms with Crippen LogP contribution in [0.25, 0.3) is 0 Å². The standard InChI is InChI=1S/C22H33N3O3/c1-5-8-9-10-15-28-21(26)19-16(4)23-22(27)24-20(19)17-11-13-18(14-12-17)25(6-2)7-3/h11-14,20H,5-10,15H2,1-4H3,(H2,23,24,27)/t20-/m1/s1. The van der Waals surface area contributed by atoms with E-state index in [1.165, 1.54) is 0 Å². The van der Waals surface area contributed by atoms with Crippen molar-refractivity contribution in [1.82, 2.24) is 10.6 Å². The summed E-state index contributed by atoms with van der Waals surface area (Å²) in [6.07, 6.45) is 4.18. The first-order valence-electron chi connectivity index (χ1n) is 10.3. The predicted octanol–water partition coefficient (Wildman–Crippen LogP) is 4.28. The number of urea groups is 1. The third kappa shape index (κ3) is 5.50. The Morgan fingerprint density at radius 3 is 2.36 bits per heavy atom. The molecule has 0 aliphatic carbocycles. The van der Waals surface area contributed by atoms with Crippen LogP contribution < -0.4 is 15.5 Å². The zero-order valence-corrected chi connectivity index (χ0v) is 17.5. The van der Waals surface area contributed by atoms with Crippen molar-refractivity contribution in [2.24, 2.45) is 0 Å². The Bertz CT molecular complexity index is 693. The number of unbranched alkanes of at least 4 members (excludes halogenated alkanes) is 3. The molecule has 2 N–H and O–H groups in total. The van der Waals surface area contributed by atoms with Crippen LogP contribution in [0, 0.1) is 0 Å². The number of hydrogen-bond acceptors (Lipinski definition) is 4. The van der Waals surface area contributed by atoms with Gasteiger partial charge in [-0.05, 0) is 44.9 Å². The normalized spacial score (nSPS) is 16.4. The van der Waals surface area contributed by atoms with E-state index in [2.05, 4.69) is 36.3 Å². The van der Waals surface area contributed by atoms with E-state index in [4.69, 9.17) is 4.74 Å². The summed E-state index contributed by atoms with van der Waals surface area (Å²) < 4.78 is 5.49. The van der Waals surface area contributed by atoms with Gasteiger partial charge in [0, 0.05) is 24.5 Å². The number of esters is 1. The Labute approximate surface area is 168 Å². The molecule has 6 nitrogen and oxygen atoms in total. The Hall–Kier alpha value is -2.50. The highest BCUT2D eigenvalue weighted by Gasteiger charge is 2.32. The van der Waals surface area contributed by atoms with Gasteiger partial charge >= 0.3 is 12.0 Å². The van der Waals surface area contributed by atoms with Crippen LogP contribution >= 0.6 is 0 Å². The first kappa shape index (κ1) is 21.8. The first-order valence-corrected chi connectivity index (χ1v) is 10.3. The molecule has 0 bridgehead atoms. The van der Waals surface area contributed by atoms with Gasteiger partial charge in [0.05, 0.1) is 18.2 Å². The van der Waals surface area contributed by atoms with E-state index in [0.29, 0.717) is 17.9 Å². The van der Waals surface area contributed by atoms with Crippen molar-refractivity contribution in [2.45, 2.75) is 59.4 Å². The Morgan fingerprint density at radius 1 is 1.07 bits per heavy atom. The fourth-order valence-electron chi connectivity index (χ4n) is 3.45. The minimum atomic E-state index is -0.511.